The molecule has 2 aromatic rings. The van der Waals surface area contributed by atoms with E-state index in [0.29, 0.717) is 5.92 Å². The van der Waals surface area contributed by atoms with Gasteiger partial charge in [0.05, 0.1) is 0 Å². The number of likely N-dealkylation sites (tertiary alicyclic amines) is 1. The Hall–Kier alpha value is -1.61. The zero-order chi connectivity index (χ0) is 13.9. The summed E-state index contributed by atoms with van der Waals surface area (Å²) >= 11 is 0. The highest BCUT2D eigenvalue weighted by Crippen LogP contribution is 2.27. The fourth-order valence-corrected chi connectivity index (χ4v) is 3.25. The predicted octanol–water partition coefficient (Wildman–Crippen LogP) is 3.11. The molecule has 1 aliphatic rings. The number of hydrogen-bond donors (Lipinski definition) is 0. The van der Waals surface area contributed by atoms with E-state index in [4.69, 9.17) is 0 Å². The van der Waals surface area contributed by atoms with Crippen LogP contribution in [-0.2, 0) is 13.6 Å². The maximum absolute atomic E-state index is 4.31. The van der Waals surface area contributed by atoms with Gasteiger partial charge in [-0.05, 0) is 43.5 Å². The zero-order valence-corrected chi connectivity index (χ0v) is 12.4. The molecule has 3 rings (SSSR count). The third-order valence-corrected chi connectivity index (χ3v) is 4.44. The van der Waals surface area contributed by atoms with Gasteiger partial charge in [0, 0.05) is 37.9 Å². The van der Waals surface area contributed by atoms with E-state index in [0.717, 1.165) is 13.1 Å². The second-order valence-corrected chi connectivity index (χ2v) is 5.88. The lowest BCUT2D eigenvalue weighted by Gasteiger charge is -2.33. The van der Waals surface area contributed by atoms with Crippen LogP contribution in [0.1, 0.15) is 35.6 Å². The van der Waals surface area contributed by atoms with Gasteiger partial charge in [0.2, 0.25) is 0 Å². The molecule has 0 spiro atoms. The molecule has 1 unspecified atom stereocenters. The van der Waals surface area contributed by atoms with Crippen LogP contribution in [0.4, 0.5) is 0 Å². The number of aromatic nitrogens is 2. The van der Waals surface area contributed by atoms with Gasteiger partial charge in [-0.1, -0.05) is 24.3 Å². The third kappa shape index (κ3) is 2.78. The van der Waals surface area contributed by atoms with Crippen LogP contribution >= 0.6 is 0 Å². The number of benzene rings is 1. The molecule has 0 aliphatic carbocycles. The Morgan fingerprint density at radius 3 is 2.85 bits per heavy atom. The molecule has 0 saturated carbocycles. The highest BCUT2D eigenvalue weighted by Gasteiger charge is 2.23. The summed E-state index contributed by atoms with van der Waals surface area (Å²) in [5.41, 5.74) is 4.23. The molecule has 1 saturated heterocycles. The summed E-state index contributed by atoms with van der Waals surface area (Å²) in [7, 11) is 2.05. The van der Waals surface area contributed by atoms with Crippen molar-refractivity contribution in [2.75, 3.05) is 13.1 Å². The van der Waals surface area contributed by atoms with Gasteiger partial charge in [-0.3, -0.25) is 9.58 Å². The normalized spacial score (nSPS) is 20.2. The highest BCUT2D eigenvalue weighted by atomic mass is 15.3. The number of hydrogen-bond acceptors (Lipinski definition) is 2. The molecule has 3 nitrogen and oxygen atoms in total. The minimum absolute atomic E-state index is 0.625. The summed E-state index contributed by atoms with van der Waals surface area (Å²) in [6, 6.07) is 10.9. The maximum Gasteiger partial charge on any atom is 0.0492 e. The second-order valence-electron chi connectivity index (χ2n) is 5.88. The minimum atomic E-state index is 0.625. The standard InChI is InChI=1S/C17H23N3/c1-14-6-3-4-7-15(14)12-20-11-5-8-16(13-20)17-9-10-18-19(17)2/h3-4,6-7,9-10,16H,5,8,11-13H2,1-2H3. The quantitative estimate of drug-likeness (QED) is 0.853. The monoisotopic (exact) mass is 269 g/mol. The summed E-state index contributed by atoms with van der Waals surface area (Å²) in [5.74, 6) is 0.625. The molecule has 1 aromatic carbocycles. The number of nitrogens with zero attached hydrogens (tertiary/aromatic N) is 3. The van der Waals surface area contributed by atoms with Crippen molar-refractivity contribution in [3.63, 3.8) is 0 Å². The average Bonchev–Trinajstić information content (AvgIpc) is 2.88. The van der Waals surface area contributed by atoms with Crippen LogP contribution in [0.2, 0.25) is 0 Å². The van der Waals surface area contributed by atoms with E-state index in [1.54, 1.807) is 0 Å². The molecule has 0 bridgehead atoms. The topological polar surface area (TPSA) is 21.1 Å². The molecule has 1 atom stereocenters. The lowest BCUT2D eigenvalue weighted by Crippen LogP contribution is -2.34. The Kier molecular flexibility index (Phi) is 3.88. The number of aryl methyl sites for hydroxylation is 2. The first-order valence-corrected chi connectivity index (χ1v) is 7.49. The van der Waals surface area contributed by atoms with Crippen LogP contribution in [0.3, 0.4) is 0 Å². The van der Waals surface area contributed by atoms with Gasteiger partial charge in [0.15, 0.2) is 0 Å². The molecule has 20 heavy (non-hydrogen) atoms. The Bertz CT molecular complexity index is 573. The van der Waals surface area contributed by atoms with Gasteiger partial charge < -0.3 is 0 Å². The van der Waals surface area contributed by atoms with Gasteiger partial charge >= 0.3 is 0 Å². The molecule has 106 valence electrons. The van der Waals surface area contributed by atoms with Crippen molar-refractivity contribution in [2.24, 2.45) is 7.05 Å². The van der Waals surface area contributed by atoms with Gasteiger partial charge in [-0.2, -0.15) is 5.10 Å². The SMILES string of the molecule is Cc1ccccc1CN1CCCC(c2ccnn2C)C1. The van der Waals surface area contributed by atoms with Crippen molar-refractivity contribution in [3.05, 3.63) is 53.3 Å². The third-order valence-electron chi connectivity index (χ3n) is 4.44. The highest BCUT2D eigenvalue weighted by molar-refractivity contribution is 5.25. The van der Waals surface area contributed by atoms with Crippen LogP contribution < -0.4 is 0 Å². The van der Waals surface area contributed by atoms with E-state index in [-0.39, 0.29) is 0 Å². The van der Waals surface area contributed by atoms with Crippen LogP contribution in [0.5, 0.6) is 0 Å². The second kappa shape index (κ2) is 5.80. The van der Waals surface area contributed by atoms with Crippen molar-refractivity contribution < 1.29 is 0 Å². The summed E-state index contributed by atoms with van der Waals surface area (Å²) in [4.78, 5) is 2.59. The zero-order valence-electron chi connectivity index (χ0n) is 12.4. The van der Waals surface area contributed by atoms with Gasteiger partial charge in [-0.15, -0.1) is 0 Å². The van der Waals surface area contributed by atoms with E-state index in [2.05, 4.69) is 54.3 Å². The number of rotatable bonds is 3. The molecule has 1 aromatic heterocycles. The van der Waals surface area contributed by atoms with E-state index in [9.17, 15) is 0 Å². The smallest absolute Gasteiger partial charge is 0.0492 e. The maximum atomic E-state index is 4.31. The summed E-state index contributed by atoms with van der Waals surface area (Å²) < 4.78 is 2.03. The first kappa shape index (κ1) is 13.4. The Morgan fingerprint density at radius 1 is 1.25 bits per heavy atom. The fraction of sp³-hybridized carbons (Fsp3) is 0.471. The summed E-state index contributed by atoms with van der Waals surface area (Å²) in [6.07, 6.45) is 4.47. The summed E-state index contributed by atoms with van der Waals surface area (Å²) in [5, 5.41) is 4.31. The lowest BCUT2D eigenvalue weighted by molar-refractivity contribution is 0.196. The fourth-order valence-electron chi connectivity index (χ4n) is 3.25. The van der Waals surface area contributed by atoms with Crippen molar-refractivity contribution in [3.8, 4) is 0 Å². The molecular weight excluding hydrogens is 246 g/mol. The van der Waals surface area contributed by atoms with Gasteiger partial charge in [-0.25, -0.2) is 0 Å². The van der Waals surface area contributed by atoms with Crippen LogP contribution in [0.15, 0.2) is 36.5 Å². The van der Waals surface area contributed by atoms with E-state index in [1.807, 2.05) is 10.9 Å². The first-order valence-electron chi connectivity index (χ1n) is 7.49. The van der Waals surface area contributed by atoms with Crippen molar-refractivity contribution in [1.29, 1.82) is 0 Å². The Balaban J connectivity index is 1.70. The van der Waals surface area contributed by atoms with E-state index >= 15 is 0 Å². The Morgan fingerprint density at radius 2 is 2.10 bits per heavy atom. The van der Waals surface area contributed by atoms with Crippen LogP contribution in [-0.4, -0.2) is 27.8 Å². The molecular formula is C17H23N3. The van der Waals surface area contributed by atoms with Gasteiger partial charge in [0.1, 0.15) is 0 Å². The molecule has 2 heterocycles. The van der Waals surface area contributed by atoms with Crippen LogP contribution in [0, 0.1) is 6.92 Å². The number of piperidine rings is 1. The largest absolute Gasteiger partial charge is 0.298 e. The molecule has 0 N–H and O–H groups in total. The van der Waals surface area contributed by atoms with Gasteiger partial charge in [0.25, 0.3) is 0 Å². The average molecular weight is 269 g/mol. The van der Waals surface area contributed by atoms with Crippen molar-refractivity contribution >= 4 is 0 Å². The van der Waals surface area contributed by atoms with Crippen LogP contribution in [0.25, 0.3) is 0 Å². The first-order chi connectivity index (χ1) is 9.74. The molecule has 0 radical (unpaired) electrons. The van der Waals surface area contributed by atoms with Crippen molar-refractivity contribution in [1.82, 2.24) is 14.7 Å². The lowest BCUT2D eigenvalue weighted by atomic mass is 9.94. The molecule has 1 fully saturated rings. The molecule has 3 heteroatoms. The summed E-state index contributed by atoms with van der Waals surface area (Å²) in [6.45, 7) is 5.63. The van der Waals surface area contributed by atoms with Crippen molar-refractivity contribution in [2.45, 2.75) is 32.2 Å². The molecule has 1 aliphatic heterocycles. The van der Waals surface area contributed by atoms with E-state index < -0.39 is 0 Å². The Labute approximate surface area is 121 Å². The predicted molar refractivity (Wildman–Crippen MR) is 81.6 cm³/mol. The molecule has 0 amide bonds. The minimum Gasteiger partial charge on any atom is -0.298 e. The van der Waals surface area contributed by atoms with E-state index in [1.165, 1.54) is 36.2 Å².